The molecular weight excluding hydrogens is 390 g/mol. The van der Waals surface area contributed by atoms with Crippen LogP contribution < -0.4 is 15.4 Å². The van der Waals surface area contributed by atoms with Crippen LogP contribution in [0.3, 0.4) is 0 Å². The first-order valence-corrected chi connectivity index (χ1v) is 10.0. The van der Waals surface area contributed by atoms with Gasteiger partial charge in [-0.15, -0.1) is 0 Å². The Morgan fingerprint density at radius 1 is 1.26 bits per heavy atom. The Morgan fingerprint density at radius 3 is 2.74 bits per heavy atom. The second kappa shape index (κ2) is 7.30. The molecular formula is C18H18ClN3O4S. The largest absolute Gasteiger partial charge is 0.325 e. The van der Waals surface area contributed by atoms with E-state index in [-0.39, 0.29) is 10.8 Å². The van der Waals surface area contributed by atoms with E-state index >= 15 is 0 Å². The van der Waals surface area contributed by atoms with Crippen LogP contribution in [0.25, 0.3) is 0 Å². The summed E-state index contributed by atoms with van der Waals surface area (Å²) in [6.45, 7) is 3.02. The molecule has 142 valence electrons. The van der Waals surface area contributed by atoms with E-state index in [1.165, 1.54) is 12.1 Å². The highest BCUT2D eigenvalue weighted by atomic mass is 35.5. The van der Waals surface area contributed by atoms with Gasteiger partial charge in [0.2, 0.25) is 21.8 Å². The van der Waals surface area contributed by atoms with Crippen molar-refractivity contribution in [3.05, 3.63) is 52.5 Å². The zero-order chi connectivity index (χ0) is 19.8. The molecule has 1 atom stereocenters. The first-order valence-electron chi connectivity index (χ1n) is 8.18. The second-order valence-corrected chi connectivity index (χ2v) is 8.42. The molecule has 9 heteroatoms. The molecule has 0 aliphatic carbocycles. The number of anilines is 2. The molecule has 3 rings (SSSR count). The maximum Gasteiger partial charge on any atom is 0.241 e. The van der Waals surface area contributed by atoms with Gasteiger partial charge in [0.25, 0.3) is 0 Å². The second-order valence-electron chi connectivity index (χ2n) is 6.25. The summed E-state index contributed by atoms with van der Waals surface area (Å²) in [6, 6.07) is 9.44. The summed E-state index contributed by atoms with van der Waals surface area (Å²) >= 11 is 6.00. The number of hydrogen-bond donors (Lipinski definition) is 3. The number of carbonyl (C=O) groups excluding carboxylic acids is 2. The minimum atomic E-state index is -3.90. The topological polar surface area (TPSA) is 104 Å². The van der Waals surface area contributed by atoms with Gasteiger partial charge in [-0.2, -0.15) is 0 Å². The molecule has 1 aliphatic heterocycles. The molecule has 3 N–H and O–H groups in total. The van der Waals surface area contributed by atoms with Crippen LogP contribution in [0.2, 0.25) is 5.02 Å². The molecule has 0 spiro atoms. The monoisotopic (exact) mass is 407 g/mol. The van der Waals surface area contributed by atoms with E-state index in [1.807, 2.05) is 0 Å². The minimum Gasteiger partial charge on any atom is -0.325 e. The van der Waals surface area contributed by atoms with E-state index in [0.717, 1.165) is 0 Å². The van der Waals surface area contributed by atoms with Crippen molar-refractivity contribution in [3.63, 3.8) is 0 Å². The van der Waals surface area contributed by atoms with E-state index < -0.39 is 28.4 Å². The third kappa shape index (κ3) is 3.97. The van der Waals surface area contributed by atoms with Gasteiger partial charge in [0.05, 0.1) is 17.4 Å². The first kappa shape index (κ1) is 19.3. The van der Waals surface area contributed by atoms with Crippen molar-refractivity contribution in [1.82, 2.24) is 4.72 Å². The Bertz CT molecular complexity index is 1040. The Kier molecular flexibility index (Phi) is 5.23. The van der Waals surface area contributed by atoms with E-state index in [2.05, 4.69) is 15.4 Å². The Labute approximate surface area is 162 Å². The molecule has 0 fully saturated rings. The van der Waals surface area contributed by atoms with Crippen LogP contribution in [0.4, 0.5) is 11.4 Å². The highest BCUT2D eigenvalue weighted by molar-refractivity contribution is 7.89. The predicted octanol–water partition coefficient (Wildman–Crippen LogP) is 2.62. The Morgan fingerprint density at radius 2 is 2.00 bits per heavy atom. The van der Waals surface area contributed by atoms with Crippen LogP contribution in [0.1, 0.15) is 24.0 Å². The summed E-state index contributed by atoms with van der Waals surface area (Å²) < 4.78 is 27.2. The van der Waals surface area contributed by atoms with Gasteiger partial charge in [-0.1, -0.05) is 17.7 Å². The molecule has 2 amide bonds. The Hall–Kier alpha value is -2.42. The predicted molar refractivity (Wildman–Crippen MR) is 103 cm³/mol. The molecule has 0 radical (unpaired) electrons. The number of sulfonamides is 1. The van der Waals surface area contributed by atoms with Crippen LogP contribution >= 0.6 is 11.6 Å². The van der Waals surface area contributed by atoms with E-state index in [1.54, 1.807) is 38.1 Å². The molecule has 0 saturated carbocycles. The average Bonchev–Trinajstić information content (AvgIpc) is 2.91. The maximum absolute atomic E-state index is 12.5. The minimum absolute atomic E-state index is 0.00339. The lowest BCUT2D eigenvalue weighted by Gasteiger charge is -2.11. The fourth-order valence-electron chi connectivity index (χ4n) is 2.74. The molecule has 0 aromatic heterocycles. The van der Waals surface area contributed by atoms with Crippen molar-refractivity contribution >= 4 is 44.8 Å². The van der Waals surface area contributed by atoms with Gasteiger partial charge < -0.3 is 10.6 Å². The number of fused-ring (bicyclic) bond motifs is 1. The van der Waals surface area contributed by atoms with E-state index in [0.29, 0.717) is 27.5 Å². The van der Waals surface area contributed by atoms with E-state index in [4.69, 9.17) is 11.6 Å². The van der Waals surface area contributed by atoms with Crippen molar-refractivity contribution in [2.45, 2.75) is 24.7 Å². The van der Waals surface area contributed by atoms with Crippen LogP contribution in [0.15, 0.2) is 41.3 Å². The summed E-state index contributed by atoms with van der Waals surface area (Å²) in [6.07, 6.45) is 0. The van der Waals surface area contributed by atoms with Gasteiger partial charge in [-0.05, 0) is 55.3 Å². The van der Waals surface area contributed by atoms with Crippen LogP contribution in [0, 0.1) is 6.92 Å². The van der Waals surface area contributed by atoms with E-state index in [9.17, 15) is 18.0 Å². The number of halogens is 1. The lowest BCUT2D eigenvalue weighted by atomic mass is 10.0. The summed E-state index contributed by atoms with van der Waals surface area (Å²) in [5, 5.41) is 5.81. The summed E-state index contributed by atoms with van der Waals surface area (Å²) in [5.41, 5.74) is 2.42. The Balaban J connectivity index is 1.70. The summed E-state index contributed by atoms with van der Waals surface area (Å²) in [5.74, 6) is -1.12. The molecule has 2 aromatic rings. The van der Waals surface area contributed by atoms with Gasteiger partial charge in [-0.25, -0.2) is 13.1 Å². The van der Waals surface area contributed by atoms with Crippen molar-refractivity contribution in [1.29, 1.82) is 0 Å². The van der Waals surface area contributed by atoms with Gasteiger partial charge in [0, 0.05) is 16.4 Å². The smallest absolute Gasteiger partial charge is 0.241 e. The number of rotatable bonds is 5. The average molecular weight is 408 g/mol. The number of nitrogens with one attached hydrogen (secondary N) is 3. The normalized spacial score (nSPS) is 16.0. The van der Waals surface area contributed by atoms with Gasteiger partial charge >= 0.3 is 0 Å². The molecule has 7 nitrogen and oxygen atoms in total. The van der Waals surface area contributed by atoms with Crippen LogP contribution in [-0.4, -0.2) is 26.8 Å². The molecule has 1 aliphatic rings. The number of hydrogen-bond acceptors (Lipinski definition) is 4. The fraction of sp³-hybridized carbons (Fsp3) is 0.222. The van der Waals surface area contributed by atoms with Crippen molar-refractivity contribution in [3.8, 4) is 0 Å². The zero-order valence-electron chi connectivity index (χ0n) is 14.7. The lowest BCUT2D eigenvalue weighted by Crippen LogP contribution is -2.33. The standard InChI is InChI=1S/C18H18ClN3O4S/c1-10-13-8-12(6-7-16(13)22-18(10)24)27(25,26)20-9-17(23)21-15-5-3-4-14(19)11(15)2/h3-8,10,20H,9H2,1-2H3,(H,21,23)(H,22,24)/t10-/m1/s1. The highest BCUT2D eigenvalue weighted by Gasteiger charge is 2.28. The first-order chi connectivity index (χ1) is 12.7. The molecule has 0 saturated heterocycles. The third-order valence-electron chi connectivity index (χ3n) is 4.42. The molecule has 27 heavy (non-hydrogen) atoms. The molecule has 1 heterocycles. The van der Waals surface area contributed by atoms with Crippen molar-refractivity contribution in [2.24, 2.45) is 0 Å². The molecule has 0 bridgehead atoms. The summed E-state index contributed by atoms with van der Waals surface area (Å²) in [7, 11) is -3.90. The highest BCUT2D eigenvalue weighted by Crippen LogP contribution is 2.33. The molecule has 0 unspecified atom stereocenters. The summed E-state index contributed by atoms with van der Waals surface area (Å²) in [4.78, 5) is 23.8. The fourth-order valence-corrected chi connectivity index (χ4v) is 3.94. The maximum atomic E-state index is 12.5. The third-order valence-corrected chi connectivity index (χ3v) is 6.22. The van der Waals surface area contributed by atoms with Gasteiger partial charge in [0.15, 0.2) is 0 Å². The van der Waals surface area contributed by atoms with Crippen molar-refractivity contribution in [2.75, 3.05) is 17.2 Å². The number of benzene rings is 2. The lowest BCUT2D eigenvalue weighted by molar-refractivity contribution is -0.117. The van der Waals surface area contributed by atoms with Gasteiger partial charge in [-0.3, -0.25) is 9.59 Å². The number of carbonyl (C=O) groups is 2. The molecule has 2 aromatic carbocycles. The zero-order valence-corrected chi connectivity index (χ0v) is 16.2. The van der Waals surface area contributed by atoms with Crippen LogP contribution in [-0.2, 0) is 19.6 Å². The van der Waals surface area contributed by atoms with Gasteiger partial charge in [0.1, 0.15) is 0 Å². The van der Waals surface area contributed by atoms with Crippen molar-refractivity contribution < 1.29 is 18.0 Å². The quantitative estimate of drug-likeness (QED) is 0.708. The van der Waals surface area contributed by atoms with Crippen LogP contribution in [0.5, 0.6) is 0 Å². The number of amides is 2. The SMILES string of the molecule is Cc1c(Cl)cccc1NC(=O)CNS(=O)(=O)c1ccc2c(c1)[C@@H](C)C(=O)N2.